The van der Waals surface area contributed by atoms with Crippen LogP contribution in [0.25, 0.3) is 0 Å². The highest BCUT2D eigenvalue weighted by Gasteiger charge is 2.13. The molecule has 11 heteroatoms. The molecule has 0 aliphatic rings. The molecule has 3 rings (SSSR count). The number of benzene rings is 2. The van der Waals surface area contributed by atoms with Gasteiger partial charge in [-0.05, 0) is 48.4 Å². The smallest absolute Gasteiger partial charge is 0.270 e. The normalized spacial score (nSPS) is 11.1. The Morgan fingerprint density at radius 2 is 1.70 bits per heavy atom. The van der Waals surface area contributed by atoms with Crippen molar-refractivity contribution in [2.24, 2.45) is 5.14 Å². The first-order valence-corrected chi connectivity index (χ1v) is 11.4. The number of rotatable bonds is 7. The van der Waals surface area contributed by atoms with Crippen LogP contribution in [0.15, 0.2) is 58.8 Å². The van der Waals surface area contributed by atoms with Crippen LogP contribution in [0, 0.1) is 0 Å². The van der Waals surface area contributed by atoms with Gasteiger partial charge in [0.15, 0.2) is 5.13 Å². The maximum atomic E-state index is 12.2. The summed E-state index contributed by atoms with van der Waals surface area (Å²) in [7, 11) is -3.73. The fourth-order valence-corrected chi connectivity index (χ4v) is 3.79. The second-order valence-electron chi connectivity index (χ2n) is 6.19. The summed E-state index contributed by atoms with van der Waals surface area (Å²) in [5.74, 6) is -0.727. The Labute approximate surface area is 182 Å². The van der Waals surface area contributed by atoms with Crippen molar-refractivity contribution in [3.8, 4) is 0 Å². The molecule has 156 valence electrons. The number of carbonyl (C=O) groups excluding carboxylic acids is 2. The molecule has 0 unspecified atom stereocenters. The molecule has 3 aromatic rings. The Morgan fingerprint density at radius 1 is 1.03 bits per heavy atom. The fourth-order valence-electron chi connectivity index (χ4n) is 2.46. The van der Waals surface area contributed by atoms with E-state index in [0.29, 0.717) is 28.7 Å². The number of nitrogens with zero attached hydrogens (tertiary/aromatic N) is 1. The van der Waals surface area contributed by atoms with E-state index in [1.165, 1.54) is 12.1 Å². The lowest BCUT2D eigenvalue weighted by Crippen LogP contribution is -2.26. The van der Waals surface area contributed by atoms with Crippen molar-refractivity contribution in [2.75, 3.05) is 11.9 Å². The highest BCUT2D eigenvalue weighted by Crippen LogP contribution is 2.17. The lowest BCUT2D eigenvalue weighted by molar-refractivity contribution is 0.0948. The zero-order chi connectivity index (χ0) is 21.7. The predicted octanol–water partition coefficient (Wildman–Crippen LogP) is 2.67. The van der Waals surface area contributed by atoms with Gasteiger partial charge in [0, 0.05) is 22.5 Å². The summed E-state index contributed by atoms with van der Waals surface area (Å²) in [5, 5.41) is 12.8. The molecule has 4 N–H and O–H groups in total. The molecular formula is C19H17ClN4O4S2. The Hall–Kier alpha value is -2.79. The van der Waals surface area contributed by atoms with Gasteiger partial charge in [-0.1, -0.05) is 23.7 Å². The molecule has 1 heterocycles. The maximum Gasteiger partial charge on any atom is 0.270 e. The molecule has 0 spiro atoms. The number of thiazole rings is 1. The van der Waals surface area contributed by atoms with Crippen molar-refractivity contribution >= 4 is 49.9 Å². The first-order chi connectivity index (χ1) is 14.2. The minimum absolute atomic E-state index is 0.0333. The first kappa shape index (κ1) is 21.9. The minimum atomic E-state index is -3.73. The van der Waals surface area contributed by atoms with Gasteiger partial charge in [0.05, 0.1) is 4.90 Å². The maximum absolute atomic E-state index is 12.2. The second-order valence-corrected chi connectivity index (χ2v) is 9.05. The van der Waals surface area contributed by atoms with Gasteiger partial charge in [-0.3, -0.25) is 14.9 Å². The average Bonchev–Trinajstić information content (AvgIpc) is 3.16. The van der Waals surface area contributed by atoms with Gasteiger partial charge in [-0.15, -0.1) is 11.3 Å². The summed E-state index contributed by atoms with van der Waals surface area (Å²) in [5.41, 5.74) is 1.46. The summed E-state index contributed by atoms with van der Waals surface area (Å²) in [6.07, 6.45) is 0.501. The predicted molar refractivity (Wildman–Crippen MR) is 115 cm³/mol. The summed E-state index contributed by atoms with van der Waals surface area (Å²) in [4.78, 5) is 28.6. The lowest BCUT2D eigenvalue weighted by Gasteiger charge is -2.05. The molecule has 0 saturated carbocycles. The molecule has 2 aromatic carbocycles. The second kappa shape index (κ2) is 9.35. The Balaban J connectivity index is 1.51. The lowest BCUT2D eigenvalue weighted by atomic mass is 10.1. The van der Waals surface area contributed by atoms with E-state index in [1.54, 1.807) is 41.8 Å². The highest BCUT2D eigenvalue weighted by molar-refractivity contribution is 7.89. The molecule has 0 saturated heterocycles. The number of nitrogens with one attached hydrogen (secondary N) is 2. The van der Waals surface area contributed by atoms with Crippen molar-refractivity contribution < 1.29 is 18.0 Å². The minimum Gasteiger partial charge on any atom is -0.350 e. The van der Waals surface area contributed by atoms with Crippen LogP contribution < -0.4 is 15.8 Å². The average molecular weight is 465 g/mol. The summed E-state index contributed by atoms with van der Waals surface area (Å²) < 4.78 is 22.5. The molecule has 0 fully saturated rings. The third-order valence-corrected chi connectivity index (χ3v) is 5.95. The first-order valence-electron chi connectivity index (χ1n) is 8.65. The zero-order valence-electron chi connectivity index (χ0n) is 15.5. The molecule has 8 nitrogen and oxygen atoms in total. The van der Waals surface area contributed by atoms with Gasteiger partial charge < -0.3 is 5.32 Å². The number of nitrogens with two attached hydrogens (primary N) is 1. The molecular weight excluding hydrogens is 448 g/mol. The summed E-state index contributed by atoms with van der Waals surface area (Å²) in [6.45, 7) is 0.331. The molecule has 0 radical (unpaired) electrons. The monoisotopic (exact) mass is 464 g/mol. The number of sulfonamides is 1. The van der Waals surface area contributed by atoms with E-state index < -0.39 is 10.0 Å². The van der Waals surface area contributed by atoms with Crippen LogP contribution in [0.4, 0.5) is 5.13 Å². The molecule has 30 heavy (non-hydrogen) atoms. The number of hydrogen-bond acceptors (Lipinski definition) is 6. The van der Waals surface area contributed by atoms with Crippen LogP contribution in [0.3, 0.4) is 0 Å². The Morgan fingerprint density at radius 3 is 2.33 bits per heavy atom. The molecule has 1 aromatic heterocycles. The van der Waals surface area contributed by atoms with Crippen molar-refractivity contribution in [2.45, 2.75) is 11.3 Å². The number of halogens is 1. The number of hydrogen-bond donors (Lipinski definition) is 3. The van der Waals surface area contributed by atoms with Crippen LogP contribution in [0.2, 0.25) is 5.02 Å². The SMILES string of the molecule is NS(=O)(=O)c1ccc(CCNC(=O)c2csc(NC(=O)c3ccc(Cl)cc3)n2)cc1. The number of primary sulfonamides is 1. The van der Waals surface area contributed by atoms with Crippen LogP contribution in [0.1, 0.15) is 26.4 Å². The largest absolute Gasteiger partial charge is 0.350 e. The van der Waals surface area contributed by atoms with Crippen molar-refractivity contribution in [3.05, 3.63) is 75.8 Å². The molecule has 0 bridgehead atoms. The quantitative estimate of drug-likeness (QED) is 0.494. The van der Waals surface area contributed by atoms with Gasteiger partial charge in [0.2, 0.25) is 10.0 Å². The number of amides is 2. The van der Waals surface area contributed by atoms with Crippen molar-refractivity contribution in [1.82, 2.24) is 10.3 Å². The van der Waals surface area contributed by atoms with E-state index in [2.05, 4.69) is 15.6 Å². The summed E-state index contributed by atoms with van der Waals surface area (Å²) in [6, 6.07) is 12.5. The van der Waals surface area contributed by atoms with Gasteiger partial charge in [0.25, 0.3) is 11.8 Å². The van der Waals surface area contributed by atoms with E-state index in [1.807, 2.05) is 0 Å². The molecule has 0 atom stereocenters. The molecule has 0 aliphatic carbocycles. The number of anilines is 1. The molecule has 2 amide bonds. The van der Waals surface area contributed by atoms with Gasteiger partial charge in [-0.25, -0.2) is 18.5 Å². The Kier molecular flexibility index (Phi) is 6.83. The van der Waals surface area contributed by atoms with Crippen LogP contribution in [0.5, 0.6) is 0 Å². The number of aromatic nitrogens is 1. The van der Waals surface area contributed by atoms with Crippen LogP contribution >= 0.6 is 22.9 Å². The van der Waals surface area contributed by atoms with Gasteiger partial charge in [0.1, 0.15) is 5.69 Å². The molecule has 0 aliphatic heterocycles. The van der Waals surface area contributed by atoms with Crippen LogP contribution in [-0.4, -0.2) is 31.8 Å². The third kappa shape index (κ3) is 5.86. The number of carbonyl (C=O) groups is 2. The van der Waals surface area contributed by atoms with Crippen molar-refractivity contribution in [3.63, 3.8) is 0 Å². The van der Waals surface area contributed by atoms with E-state index in [0.717, 1.165) is 16.9 Å². The van der Waals surface area contributed by atoms with Crippen molar-refractivity contribution in [1.29, 1.82) is 0 Å². The van der Waals surface area contributed by atoms with Crippen LogP contribution in [-0.2, 0) is 16.4 Å². The van der Waals surface area contributed by atoms with E-state index >= 15 is 0 Å². The van der Waals surface area contributed by atoms with E-state index in [4.69, 9.17) is 16.7 Å². The third-order valence-electron chi connectivity index (χ3n) is 4.01. The summed E-state index contributed by atoms with van der Waals surface area (Å²) >= 11 is 6.94. The zero-order valence-corrected chi connectivity index (χ0v) is 17.9. The fraction of sp³-hybridized carbons (Fsp3) is 0.105. The standard InChI is InChI=1S/C19H17ClN4O4S2/c20-14-5-3-13(4-6-14)17(25)24-19-23-16(11-29-19)18(26)22-10-9-12-1-7-15(8-2-12)30(21,27)28/h1-8,11H,9-10H2,(H,22,26)(H2,21,27,28)(H,23,24,25). The van der Waals surface area contributed by atoms with E-state index in [-0.39, 0.29) is 22.4 Å². The highest BCUT2D eigenvalue weighted by atomic mass is 35.5. The van der Waals surface area contributed by atoms with Gasteiger partial charge >= 0.3 is 0 Å². The van der Waals surface area contributed by atoms with Gasteiger partial charge in [-0.2, -0.15) is 0 Å². The Bertz CT molecular complexity index is 1160. The van der Waals surface area contributed by atoms with E-state index in [9.17, 15) is 18.0 Å². The topological polar surface area (TPSA) is 131 Å².